The Morgan fingerprint density at radius 2 is 2.15 bits per heavy atom. The van der Waals surface area contributed by atoms with E-state index in [1.54, 1.807) is 24.5 Å². The monoisotopic (exact) mass is 333 g/mol. The third-order valence-corrected chi connectivity index (χ3v) is 3.46. The van der Waals surface area contributed by atoms with Crippen molar-refractivity contribution in [2.45, 2.75) is 13.0 Å². The number of H-pyrrole nitrogens is 1. The van der Waals surface area contributed by atoms with E-state index in [0.717, 1.165) is 11.1 Å². The molecule has 20 heavy (non-hydrogen) atoms. The lowest BCUT2D eigenvalue weighted by molar-refractivity contribution is 0.0935. The number of fused-ring (bicyclic) bond motifs is 1. The summed E-state index contributed by atoms with van der Waals surface area (Å²) in [5.74, 6) is -0.170. The number of carbonyl (C=O) groups is 1. The predicted octanol–water partition coefficient (Wildman–Crippen LogP) is 3.41. The third-order valence-electron chi connectivity index (χ3n) is 3.07. The number of hydrogen-bond donors (Lipinski definition) is 2. The van der Waals surface area contributed by atoms with Crippen molar-refractivity contribution in [2.24, 2.45) is 0 Å². The van der Waals surface area contributed by atoms with Gasteiger partial charge in [0, 0.05) is 24.5 Å². The molecule has 6 heteroatoms. The Kier molecular flexibility index (Phi) is 3.31. The van der Waals surface area contributed by atoms with Crippen molar-refractivity contribution in [3.05, 3.63) is 52.6 Å². The van der Waals surface area contributed by atoms with Crippen LogP contribution in [-0.4, -0.2) is 15.9 Å². The first-order valence-corrected chi connectivity index (χ1v) is 6.91. The minimum absolute atomic E-state index is 0.0909. The highest BCUT2D eigenvalue weighted by Gasteiger charge is 2.15. The average Bonchev–Trinajstić information content (AvgIpc) is 2.96. The number of furan rings is 1. The second-order valence-corrected chi connectivity index (χ2v) is 5.27. The van der Waals surface area contributed by atoms with E-state index in [2.05, 4.69) is 31.2 Å². The van der Waals surface area contributed by atoms with Gasteiger partial charge in [0.2, 0.25) is 0 Å². The minimum atomic E-state index is -0.170. The molecule has 0 aliphatic rings. The fraction of sp³-hybridized carbons (Fsp3) is 0.143. The van der Waals surface area contributed by atoms with E-state index in [-0.39, 0.29) is 11.9 Å². The molecule has 0 fully saturated rings. The van der Waals surface area contributed by atoms with Crippen LogP contribution in [0.25, 0.3) is 11.1 Å². The second kappa shape index (κ2) is 5.13. The van der Waals surface area contributed by atoms with Gasteiger partial charge in [-0.2, -0.15) is 0 Å². The lowest BCUT2D eigenvalue weighted by atomic mass is 10.1. The van der Waals surface area contributed by atoms with Crippen molar-refractivity contribution in [1.29, 1.82) is 0 Å². The van der Waals surface area contributed by atoms with Crippen LogP contribution in [0.15, 0.2) is 45.7 Å². The number of carbonyl (C=O) groups excluding carboxylic acids is 1. The van der Waals surface area contributed by atoms with Crippen LogP contribution in [0.4, 0.5) is 0 Å². The van der Waals surface area contributed by atoms with Crippen molar-refractivity contribution >= 4 is 32.9 Å². The fourth-order valence-electron chi connectivity index (χ4n) is 2.02. The maximum Gasteiger partial charge on any atom is 0.268 e. The molecule has 3 rings (SSSR count). The summed E-state index contributed by atoms with van der Waals surface area (Å²) < 4.78 is 6.02. The molecule has 3 heterocycles. The van der Waals surface area contributed by atoms with E-state index in [1.165, 1.54) is 0 Å². The summed E-state index contributed by atoms with van der Waals surface area (Å²) in [4.78, 5) is 19.2. The number of pyridine rings is 1. The SMILES string of the molecule is CC(NC(=O)c1cc2oc(Br)cc2[nH]1)c1ccncc1. The van der Waals surface area contributed by atoms with Crippen molar-refractivity contribution in [3.63, 3.8) is 0 Å². The summed E-state index contributed by atoms with van der Waals surface area (Å²) in [6.45, 7) is 1.93. The van der Waals surface area contributed by atoms with Crippen LogP contribution < -0.4 is 5.32 Å². The Hall–Kier alpha value is -2.08. The quantitative estimate of drug-likeness (QED) is 0.771. The van der Waals surface area contributed by atoms with Crippen LogP contribution >= 0.6 is 15.9 Å². The fourth-order valence-corrected chi connectivity index (χ4v) is 2.43. The number of rotatable bonds is 3. The van der Waals surface area contributed by atoms with Crippen molar-refractivity contribution in [2.75, 3.05) is 0 Å². The molecule has 2 N–H and O–H groups in total. The molecule has 0 saturated heterocycles. The molecule has 0 spiro atoms. The first-order valence-electron chi connectivity index (χ1n) is 6.12. The van der Waals surface area contributed by atoms with E-state index in [1.807, 2.05) is 19.1 Å². The number of aromatic nitrogens is 2. The smallest absolute Gasteiger partial charge is 0.268 e. The van der Waals surface area contributed by atoms with E-state index < -0.39 is 0 Å². The highest BCUT2D eigenvalue weighted by molar-refractivity contribution is 9.10. The lowest BCUT2D eigenvalue weighted by Crippen LogP contribution is -2.26. The van der Waals surface area contributed by atoms with Gasteiger partial charge in [-0.05, 0) is 40.5 Å². The van der Waals surface area contributed by atoms with Gasteiger partial charge in [-0.15, -0.1) is 0 Å². The highest BCUT2D eigenvalue weighted by atomic mass is 79.9. The van der Waals surface area contributed by atoms with Gasteiger partial charge < -0.3 is 14.7 Å². The Bertz CT molecular complexity index is 717. The summed E-state index contributed by atoms with van der Waals surface area (Å²) >= 11 is 3.24. The third kappa shape index (κ3) is 2.46. The summed E-state index contributed by atoms with van der Waals surface area (Å²) in [7, 11) is 0. The molecule has 1 amide bonds. The number of nitrogens with one attached hydrogen (secondary N) is 2. The largest absolute Gasteiger partial charge is 0.448 e. The number of halogens is 1. The Balaban J connectivity index is 1.77. The van der Waals surface area contributed by atoms with Gasteiger partial charge in [0.15, 0.2) is 10.3 Å². The number of amides is 1. The Labute approximate surface area is 123 Å². The molecular formula is C14H12BrN3O2. The first kappa shape index (κ1) is 12.9. The van der Waals surface area contributed by atoms with Crippen LogP contribution in [0.5, 0.6) is 0 Å². The lowest BCUT2D eigenvalue weighted by Gasteiger charge is -2.13. The van der Waals surface area contributed by atoms with Crippen LogP contribution in [0.2, 0.25) is 0 Å². The van der Waals surface area contributed by atoms with Gasteiger partial charge in [0.05, 0.1) is 11.6 Å². The highest BCUT2D eigenvalue weighted by Crippen LogP contribution is 2.24. The zero-order chi connectivity index (χ0) is 14.1. The molecule has 1 unspecified atom stereocenters. The van der Waals surface area contributed by atoms with Crippen LogP contribution in [-0.2, 0) is 0 Å². The summed E-state index contributed by atoms with van der Waals surface area (Å²) in [5.41, 5.74) is 2.93. The molecule has 3 aromatic heterocycles. The molecular weight excluding hydrogens is 322 g/mol. The van der Waals surface area contributed by atoms with Gasteiger partial charge in [0.1, 0.15) is 5.69 Å². The molecule has 0 radical (unpaired) electrons. The molecule has 1 atom stereocenters. The van der Waals surface area contributed by atoms with Crippen LogP contribution in [0, 0.1) is 0 Å². The van der Waals surface area contributed by atoms with E-state index in [4.69, 9.17) is 4.42 Å². The molecule has 0 aromatic carbocycles. The molecule has 0 saturated carbocycles. The average molecular weight is 334 g/mol. The summed E-state index contributed by atoms with van der Waals surface area (Å²) in [5, 5.41) is 2.93. The molecule has 0 aliphatic carbocycles. The standard InChI is InChI=1S/C14H12BrN3O2/c1-8(9-2-4-16-5-3-9)17-14(19)11-6-12-10(18-11)7-13(15)20-12/h2-8,18H,1H3,(H,17,19). The van der Waals surface area contributed by atoms with Gasteiger partial charge in [-0.25, -0.2) is 0 Å². The van der Waals surface area contributed by atoms with E-state index >= 15 is 0 Å². The Morgan fingerprint density at radius 3 is 2.85 bits per heavy atom. The maximum atomic E-state index is 12.2. The van der Waals surface area contributed by atoms with Crippen molar-refractivity contribution < 1.29 is 9.21 Å². The molecule has 3 aromatic rings. The summed E-state index contributed by atoms with van der Waals surface area (Å²) in [6, 6.07) is 7.14. The van der Waals surface area contributed by atoms with Gasteiger partial charge in [-0.3, -0.25) is 9.78 Å². The normalized spacial score (nSPS) is 12.5. The number of nitrogens with zero attached hydrogens (tertiary/aromatic N) is 1. The van der Waals surface area contributed by atoms with E-state index in [9.17, 15) is 4.79 Å². The van der Waals surface area contributed by atoms with Gasteiger partial charge in [0.25, 0.3) is 5.91 Å². The zero-order valence-electron chi connectivity index (χ0n) is 10.7. The number of aromatic amines is 1. The molecule has 102 valence electrons. The van der Waals surface area contributed by atoms with Crippen LogP contribution in [0.3, 0.4) is 0 Å². The molecule has 5 nitrogen and oxygen atoms in total. The molecule has 0 aliphatic heterocycles. The zero-order valence-corrected chi connectivity index (χ0v) is 12.3. The summed E-state index contributed by atoms with van der Waals surface area (Å²) in [6.07, 6.45) is 3.41. The first-order chi connectivity index (χ1) is 9.63. The van der Waals surface area contributed by atoms with E-state index in [0.29, 0.717) is 15.9 Å². The second-order valence-electron chi connectivity index (χ2n) is 4.49. The van der Waals surface area contributed by atoms with Gasteiger partial charge >= 0.3 is 0 Å². The number of hydrogen-bond acceptors (Lipinski definition) is 3. The van der Waals surface area contributed by atoms with Crippen molar-refractivity contribution in [1.82, 2.24) is 15.3 Å². The molecule has 0 bridgehead atoms. The van der Waals surface area contributed by atoms with Gasteiger partial charge in [-0.1, -0.05) is 0 Å². The Morgan fingerprint density at radius 1 is 1.40 bits per heavy atom. The minimum Gasteiger partial charge on any atom is -0.448 e. The maximum absolute atomic E-state index is 12.2. The topological polar surface area (TPSA) is 70.9 Å². The predicted molar refractivity (Wildman–Crippen MR) is 78.4 cm³/mol. The van der Waals surface area contributed by atoms with Crippen LogP contribution in [0.1, 0.15) is 29.0 Å². The van der Waals surface area contributed by atoms with Crippen molar-refractivity contribution in [3.8, 4) is 0 Å².